The van der Waals surface area contributed by atoms with Crippen LogP contribution in [0.15, 0.2) is 22.7 Å². The van der Waals surface area contributed by atoms with Gasteiger partial charge in [-0.1, -0.05) is 21.1 Å². The van der Waals surface area contributed by atoms with E-state index < -0.39 is 18.0 Å². The highest BCUT2D eigenvalue weighted by Crippen LogP contribution is 2.21. The van der Waals surface area contributed by atoms with Crippen LogP contribution in [0.25, 0.3) is 0 Å². The predicted octanol–water partition coefficient (Wildman–Crippen LogP) is 1.54. The highest BCUT2D eigenvalue weighted by Gasteiger charge is 2.16. The zero-order valence-corrected chi connectivity index (χ0v) is 12.4. The number of tetrazole rings is 1. The number of carboxylic acid groups (broad SMARTS) is 1. The number of halogens is 1. The van der Waals surface area contributed by atoms with Crippen molar-refractivity contribution < 1.29 is 14.7 Å². The topological polar surface area (TPSA) is 133 Å². The molecule has 0 aliphatic heterocycles. The van der Waals surface area contributed by atoms with E-state index in [1.54, 1.807) is 13.0 Å². The molecule has 0 bridgehead atoms. The average molecular weight is 355 g/mol. The fourth-order valence-corrected chi connectivity index (χ4v) is 1.94. The summed E-state index contributed by atoms with van der Waals surface area (Å²) in [5.41, 5.74) is 0.162. The van der Waals surface area contributed by atoms with Gasteiger partial charge in [0, 0.05) is 4.47 Å². The van der Waals surface area contributed by atoms with Gasteiger partial charge in [-0.15, -0.1) is 10.2 Å². The molecule has 1 unspecified atom stereocenters. The Kier molecular flexibility index (Phi) is 4.48. The Balaban J connectivity index is 2.08. The molecular weight excluding hydrogens is 344 g/mol. The molecule has 0 saturated heterocycles. The number of aromatic amines is 1. The van der Waals surface area contributed by atoms with E-state index in [0.29, 0.717) is 10.3 Å². The Hall–Kier alpha value is -2.49. The van der Waals surface area contributed by atoms with Crippen LogP contribution >= 0.6 is 15.9 Å². The van der Waals surface area contributed by atoms with Gasteiger partial charge in [0.25, 0.3) is 0 Å². The number of aromatic carboxylic acids is 1. The summed E-state index contributed by atoms with van der Waals surface area (Å²) in [5, 5.41) is 27.3. The zero-order valence-electron chi connectivity index (χ0n) is 10.8. The van der Waals surface area contributed by atoms with E-state index in [9.17, 15) is 9.59 Å². The van der Waals surface area contributed by atoms with Gasteiger partial charge in [0.05, 0.1) is 17.3 Å². The number of carbonyl (C=O) groups excluding carboxylic acids is 1. The van der Waals surface area contributed by atoms with E-state index in [1.165, 1.54) is 12.1 Å². The molecule has 0 radical (unpaired) electrons. The van der Waals surface area contributed by atoms with Crippen molar-refractivity contribution in [2.75, 3.05) is 5.32 Å². The molecule has 110 valence electrons. The summed E-state index contributed by atoms with van der Waals surface area (Å²) in [6.45, 7) is 1.67. The third kappa shape index (κ3) is 3.75. The Morgan fingerprint density at radius 3 is 2.81 bits per heavy atom. The summed E-state index contributed by atoms with van der Waals surface area (Å²) in [6, 6.07) is 3.47. The quantitative estimate of drug-likeness (QED) is 0.658. The molecule has 2 amide bonds. The summed E-state index contributed by atoms with van der Waals surface area (Å²) in [4.78, 5) is 23.0. The largest absolute Gasteiger partial charge is 0.478 e. The summed E-state index contributed by atoms with van der Waals surface area (Å²) in [7, 11) is 0. The first-order chi connectivity index (χ1) is 9.97. The molecule has 0 fully saturated rings. The smallest absolute Gasteiger partial charge is 0.337 e. The number of amides is 2. The summed E-state index contributed by atoms with van der Waals surface area (Å²) in [6.07, 6.45) is 0. The molecule has 0 spiro atoms. The van der Waals surface area contributed by atoms with E-state index >= 15 is 0 Å². The van der Waals surface area contributed by atoms with Crippen molar-refractivity contribution >= 4 is 33.6 Å². The first-order valence-electron chi connectivity index (χ1n) is 5.81. The minimum absolute atomic E-state index is 0.0215. The van der Waals surface area contributed by atoms with Gasteiger partial charge in [0.2, 0.25) is 0 Å². The Morgan fingerprint density at radius 1 is 1.43 bits per heavy atom. The molecule has 1 aromatic heterocycles. The number of carboxylic acids is 1. The van der Waals surface area contributed by atoms with Crippen LogP contribution in [0.2, 0.25) is 0 Å². The van der Waals surface area contributed by atoms with Crippen LogP contribution in [0, 0.1) is 0 Å². The minimum Gasteiger partial charge on any atom is -0.478 e. The van der Waals surface area contributed by atoms with Crippen LogP contribution < -0.4 is 10.6 Å². The lowest BCUT2D eigenvalue weighted by molar-refractivity contribution is 0.0698. The number of hydrogen-bond acceptors (Lipinski definition) is 5. The second-order valence-corrected chi connectivity index (χ2v) is 5.00. The number of H-pyrrole nitrogens is 1. The number of aromatic nitrogens is 4. The van der Waals surface area contributed by atoms with Crippen molar-refractivity contribution in [2.24, 2.45) is 0 Å². The summed E-state index contributed by atoms with van der Waals surface area (Å²) in [5.74, 6) is -0.822. The van der Waals surface area contributed by atoms with E-state index in [0.717, 1.165) is 0 Å². The van der Waals surface area contributed by atoms with Gasteiger partial charge in [-0.3, -0.25) is 0 Å². The maximum absolute atomic E-state index is 11.9. The number of nitrogens with zero attached hydrogens (tertiary/aromatic N) is 3. The molecule has 1 aromatic carbocycles. The lowest BCUT2D eigenvalue weighted by Gasteiger charge is -2.13. The molecule has 1 heterocycles. The van der Waals surface area contributed by atoms with Gasteiger partial charge < -0.3 is 15.7 Å². The van der Waals surface area contributed by atoms with E-state index in [1.807, 2.05) is 0 Å². The summed E-state index contributed by atoms with van der Waals surface area (Å²) < 4.78 is 0.603. The van der Waals surface area contributed by atoms with Gasteiger partial charge in [-0.05, 0) is 25.1 Å². The van der Waals surface area contributed by atoms with Crippen LogP contribution in [-0.2, 0) is 0 Å². The molecule has 0 saturated carbocycles. The fourth-order valence-electron chi connectivity index (χ4n) is 1.57. The van der Waals surface area contributed by atoms with Gasteiger partial charge in [0.1, 0.15) is 0 Å². The molecule has 2 aromatic rings. The zero-order chi connectivity index (χ0) is 15.4. The molecule has 1 atom stereocenters. The Labute approximate surface area is 127 Å². The number of urea groups is 1. The number of carbonyl (C=O) groups is 2. The monoisotopic (exact) mass is 354 g/mol. The number of nitrogens with one attached hydrogen (secondary N) is 3. The summed E-state index contributed by atoms with van der Waals surface area (Å²) >= 11 is 3.18. The van der Waals surface area contributed by atoms with Gasteiger partial charge >= 0.3 is 12.0 Å². The standard InChI is InChI=1S/C11H11BrN6O3/c1-5(9-15-17-18-16-9)13-11(21)14-8-3-2-6(12)4-7(8)10(19)20/h2-5H,1H3,(H,19,20)(H2,13,14,21)(H,15,16,17,18). The molecule has 21 heavy (non-hydrogen) atoms. The van der Waals surface area contributed by atoms with Crippen molar-refractivity contribution in [1.82, 2.24) is 25.9 Å². The van der Waals surface area contributed by atoms with Crippen molar-refractivity contribution in [2.45, 2.75) is 13.0 Å². The first-order valence-corrected chi connectivity index (χ1v) is 6.60. The SMILES string of the molecule is CC(NC(=O)Nc1ccc(Br)cc1C(=O)O)c1nn[nH]n1. The number of anilines is 1. The van der Waals surface area contributed by atoms with Crippen LogP contribution in [0.1, 0.15) is 29.1 Å². The second kappa shape index (κ2) is 6.31. The number of hydrogen-bond donors (Lipinski definition) is 4. The Bertz CT molecular complexity index is 660. The van der Waals surface area contributed by atoms with Crippen molar-refractivity contribution in [3.8, 4) is 0 Å². The highest BCUT2D eigenvalue weighted by atomic mass is 79.9. The molecule has 4 N–H and O–H groups in total. The normalized spacial score (nSPS) is 11.7. The van der Waals surface area contributed by atoms with Crippen molar-refractivity contribution in [1.29, 1.82) is 0 Å². The molecular formula is C11H11BrN6O3. The van der Waals surface area contributed by atoms with Crippen LogP contribution in [-0.4, -0.2) is 37.7 Å². The maximum Gasteiger partial charge on any atom is 0.337 e. The lowest BCUT2D eigenvalue weighted by atomic mass is 10.2. The molecule has 9 nitrogen and oxygen atoms in total. The van der Waals surface area contributed by atoms with E-state index in [4.69, 9.17) is 5.11 Å². The van der Waals surface area contributed by atoms with Gasteiger partial charge in [-0.25, -0.2) is 9.59 Å². The molecule has 2 rings (SSSR count). The minimum atomic E-state index is -1.14. The third-order valence-electron chi connectivity index (χ3n) is 2.56. The van der Waals surface area contributed by atoms with Crippen LogP contribution in [0.5, 0.6) is 0 Å². The number of rotatable bonds is 4. The average Bonchev–Trinajstić information content (AvgIpc) is 2.94. The predicted molar refractivity (Wildman–Crippen MR) is 75.8 cm³/mol. The lowest BCUT2D eigenvalue weighted by Crippen LogP contribution is -2.32. The van der Waals surface area contributed by atoms with Crippen molar-refractivity contribution in [3.63, 3.8) is 0 Å². The van der Waals surface area contributed by atoms with E-state index in [2.05, 4.69) is 47.2 Å². The Morgan fingerprint density at radius 2 is 2.19 bits per heavy atom. The maximum atomic E-state index is 11.9. The van der Waals surface area contributed by atoms with Gasteiger partial charge in [0.15, 0.2) is 5.82 Å². The fraction of sp³-hybridized carbons (Fsp3) is 0.182. The highest BCUT2D eigenvalue weighted by molar-refractivity contribution is 9.10. The third-order valence-corrected chi connectivity index (χ3v) is 3.05. The van der Waals surface area contributed by atoms with Crippen molar-refractivity contribution in [3.05, 3.63) is 34.1 Å². The molecule has 10 heteroatoms. The second-order valence-electron chi connectivity index (χ2n) is 4.09. The molecule has 0 aliphatic rings. The molecule has 0 aliphatic carbocycles. The first kappa shape index (κ1) is 14.9. The van der Waals surface area contributed by atoms with E-state index in [-0.39, 0.29) is 11.3 Å². The van der Waals surface area contributed by atoms with Crippen LogP contribution in [0.4, 0.5) is 10.5 Å². The number of benzene rings is 1. The van der Waals surface area contributed by atoms with Gasteiger partial charge in [-0.2, -0.15) is 5.21 Å². The van der Waals surface area contributed by atoms with Crippen LogP contribution in [0.3, 0.4) is 0 Å².